The first-order chi connectivity index (χ1) is 12.1. The Labute approximate surface area is 149 Å². The fourth-order valence-corrected chi connectivity index (χ4v) is 3.19. The third-order valence-electron chi connectivity index (χ3n) is 4.49. The second-order valence-corrected chi connectivity index (χ2v) is 6.58. The predicted octanol–water partition coefficient (Wildman–Crippen LogP) is 3.10. The van der Waals surface area contributed by atoms with E-state index in [4.69, 9.17) is 4.74 Å². The van der Waals surface area contributed by atoms with Crippen LogP contribution >= 0.6 is 0 Å². The molecule has 0 bridgehead atoms. The number of likely N-dealkylation sites (tertiary alicyclic amines) is 1. The van der Waals surface area contributed by atoms with Crippen molar-refractivity contribution in [2.24, 2.45) is 0 Å². The minimum atomic E-state index is 0.117. The monoisotopic (exact) mass is 339 g/mol. The fourth-order valence-electron chi connectivity index (χ4n) is 3.19. The third-order valence-corrected chi connectivity index (χ3v) is 4.49. The molecule has 1 aromatic heterocycles. The average molecular weight is 339 g/mol. The molecule has 0 atom stereocenters. The van der Waals surface area contributed by atoms with Crippen LogP contribution in [0, 0.1) is 13.8 Å². The van der Waals surface area contributed by atoms with Crippen LogP contribution in [0.4, 0.5) is 0 Å². The van der Waals surface area contributed by atoms with Crippen molar-refractivity contribution >= 4 is 5.91 Å². The summed E-state index contributed by atoms with van der Waals surface area (Å²) in [6.07, 6.45) is 3.18. The van der Waals surface area contributed by atoms with E-state index in [0.717, 1.165) is 43.9 Å². The van der Waals surface area contributed by atoms with Gasteiger partial charge in [0.1, 0.15) is 11.9 Å². The molecule has 0 aliphatic carbocycles. The van der Waals surface area contributed by atoms with Gasteiger partial charge in [-0.15, -0.1) is 0 Å². The largest absolute Gasteiger partial charge is 0.474 e. The predicted molar refractivity (Wildman–Crippen MR) is 96.5 cm³/mol. The first kappa shape index (κ1) is 17.4. The van der Waals surface area contributed by atoms with Crippen LogP contribution in [0.3, 0.4) is 0 Å². The van der Waals surface area contributed by atoms with Crippen LogP contribution in [0.15, 0.2) is 36.4 Å². The molecule has 0 saturated carbocycles. The van der Waals surface area contributed by atoms with Gasteiger partial charge in [0, 0.05) is 44.1 Å². The van der Waals surface area contributed by atoms with Crippen LogP contribution in [0.1, 0.15) is 36.3 Å². The van der Waals surface area contributed by atoms with Gasteiger partial charge in [-0.05, 0) is 25.8 Å². The normalized spacial score (nSPS) is 15.2. The van der Waals surface area contributed by atoms with Gasteiger partial charge in [0.2, 0.25) is 11.8 Å². The Hall–Kier alpha value is -2.43. The summed E-state index contributed by atoms with van der Waals surface area (Å²) in [5.74, 6) is 1.60. The first-order valence-corrected chi connectivity index (χ1v) is 8.91. The van der Waals surface area contributed by atoms with Crippen LogP contribution in [-0.4, -0.2) is 40.0 Å². The van der Waals surface area contributed by atoms with E-state index in [1.165, 1.54) is 5.56 Å². The van der Waals surface area contributed by atoms with Crippen molar-refractivity contribution in [1.82, 2.24) is 14.9 Å². The third kappa shape index (κ3) is 5.02. The van der Waals surface area contributed by atoms with Crippen LogP contribution < -0.4 is 4.74 Å². The summed E-state index contributed by atoms with van der Waals surface area (Å²) in [5.41, 5.74) is 2.12. The van der Waals surface area contributed by atoms with Crippen LogP contribution in [0.25, 0.3) is 0 Å². The highest BCUT2D eigenvalue weighted by Crippen LogP contribution is 2.19. The number of hydrogen-bond donors (Lipinski definition) is 0. The van der Waals surface area contributed by atoms with E-state index in [9.17, 15) is 4.79 Å². The van der Waals surface area contributed by atoms with Crippen molar-refractivity contribution in [2.75, 3.05) is 13.1 Å². The number of rotatable bonds is 5. The molecule has 25 heavy (non-hydrogen) atoms. The fraction of sp³-hybridized carbons (Fsp3) is 0.450. The molecule has 5 heteroatoms. The van der Waals surface area contributed by atoms with Gasteiger partial charge in [-0.2, -0.15) is 4.98 Å². The lowest BCUT2D eigenvalue weighted by Crippen LogP contribution is -2.42. The summed E-state index contributed by atoms with van der Waals surface area (Å²) in [5, 5.41) is 0. The maximum Gasteiger partial charge on any atom is 0.222 e. The zero-order chi connectivity index (χ0) is 17.6. The Kier molecular flexibility index (Phi) is 5.64. The van der Waals surface area contributed by atoms with Crippen LogP contribution in [0.5, 0.6) is 5.88 Å². The number of piperidine rings is 1. The lowest BCUT2D eigenvalue weighted by atomic mass is 10.1. The van der Waals surface area contributed by atoms with Crippen molar-refractivity contribution in [3.8, 4) is 5.88 Å². The van der Waals surface area contributed by atoms with E-state index in [2.05, 4.69) is 22.1 Å². The number of carbonyl (C=O) groups is 1. The molecule has 2 heterocycles. The minimum absolute atomic E-state index is 0.117. The molecular weight excluding hydrogens is 314 g/mol. The van der Waals surface area contributed by atoms with E-state index in [-0.39, 0.29) is 12.0 Å². The van der Waals surface area contributed by atoms with E-state index >= 15 is 0 Å². The Bertz CT molecular complexity index is 690. The molecule has 2 aromatic rings. The lowest BCUT2D eigenvalue weighted by molar-refractivity contribution is -0.132. The Balaban J connectivity index is 1.45. The molecule has 1 aliphatic rings. The molecule has 1 aromatic carbocycles. The molecule has 5 nitrogen and oxygen atoms in total. The Morgan fingerprint density at radius 2 is 1.88 bits per heavy atom. The molecule has 0 N–H and O–H groups in total. The summed E-state index contributed by atoms with van der Waals surface area (Å²) in [6.45, 7) is 5.31. The van der Waals surface area contributed by atoms with Gasteiger partial charge in [0.25, 0.3) is 0 Å². The Morgan fingerprint density at radius 1 is 1.16 bits per heavy atom. The number of hydrogen-bond acceptors (Lipinski definition) is 4. The zero-order valence-electron chi connectivity index (χ0n) is 14.9. The Morgan fingerprint density at radius 3 is 2.56 bits per heavy atom. The number of nitrogens with zero attached hydrogens (tertiary/aromatic N) is 3. The summed E-state index contributed by atoms with van der Waals surface area (Å²) >= 11 is 0. The van der Waals surface area contributed by atoms with E-state index in [1.807, 2.05) is 43.0 Å². The average Bonchev–Trinajstić information content (AvgIpc) is 2.60. The molecule has 0 spiro atoms. The van der Waals surface area contributed by atoms with Crippen molar-refractivity contribution in [2.45, 2.75) is 45.6 Å². The van der Waals surface area contributed by atoms with E-state index in [0.29, 0.717) is 12.3 Å². The molecular formula is C20H25N3O2. The van der Waals surface area contributed by atoms with Crippen LogP contribution in [-0.2, 0) is 11.2 Å². The van der Waals surface area contributed by atoms with Crippen molar-refractivity contribution < 1.29 is 9.53 Å². The van der Waals surface area contributed by atoms with Crippen molar-refractivity contribution in [3.05, 3.63) is 53.5 Å². The van der Waals surface area contributed by atoms with Gasteiger partial charge in [0.05, 0.1) is 0 Å². The number of ether oxygens (including phenoxy) is 1. The van der Waals surface area contributed by atoms with E-state index in [1.54, 1.807) is 0 Å². The molecule has 1 fully saturated rings. The number of amides is 1. The van der Waals surface area contributed by atoms with Gasteiger partial charge >= 0.3 is 0 Å². The molecule has 0 unspecified atom stereocenters. The second kappa shape index (κ2) is 8.10. The molecule has 3 rings (SSSR count). The molecule has 132 valence electrons. The summed E-state index contributed by atoms with van der Waals surface area (Å²) in [4.78, 5) is 22.9. The minimum Gasteiger partial charge on any atom is -0.474 e. The summed E-state index contributed by atoms with van der Waals surface area (Å²) in [7, 11) is 0. The number of aromatic nitrogens is 2. The summed E-state index contributed by atoms with van der Waals surface area (Å²) in [6, 6.07) is 12.0. The van der Waals surface area contributed by atoms with E-state index < -0.39 is 0 Å². The highest BCUT2D eigenvalue weighted by molar-refractivity contribution is 5.76. The summed E-state index contributed by atoms with van der Waals surface area (Å²) < 4.78 is 5.99. The number of benzene rings is 1. The molecule has 0 radical (unpaired) electrons. The smallest absolute Gasteiger partial charge is 0.222 e. The van der Waals surface area contributed by atoms with Crippen molar-refractivity contribution in [1.29, 1.82) is 0 Å². The molecule has 1 aliphatic heterocycles. The van der Waals surface area contributed by atoms with Gasteiger partial charge in [0.15, 0.2) is 0 Å². The standard InChI is InChI=1S/C20H25N3O2/c1-15-14-19(22-16(2)21-15)25-18-10-12-23(13-11-18)20(24)9-8-17-6-4-3-5-7-17/h3-7,14,18H,8-13H2,1-2H3. The highest BCUT2D eigenvalue weighted by atomic mass is 16.5. The second-order valence-electron chi connectivity index (χ2n) is 6.58. The van der Waals surface area contributed by atoms with Gasteiger partial charge in [-0.1, -0.05) is 30.3 Å². The topological polar surface area (TPSA) is 55.3 Å². The lowest BCUT2D eigenvalue weighted by Gasteiger charge is -2.32. The SMILES string of the molecule is Cc1cc(OC2CCN(C(=O)CCc3ccccc3)CC2)nc(C)n1. The van der Waals surface area contributed by atoms with Gasteiger partial charge in [-0.3, -0.25) is 4.79 Å². The number of aryl methyl sites for hydroxylation is 3. The van der Waals surface area contributed by atoms with Gasteiger partial charge in [-0.25, -0.2) is 4.98 Å². The van der Waals surface area contributed by atoms with Crippen LogP contribution in [0.2, 0.25) is 0 Å². The number of carbonyl (C=O) groups excluding carboxylic acids is 1. The highest BCUT2D eigenvalue weighted by Gasteiger charge is 2.24. The molecule has 1 saturated heterocycles. The maximum absolute atomic E-state index is 12.4. The maximum atomic E-state index is 12.4. The van der Waals surface area contributed by atoms with Crippen molar-refractivity contribution in [3.63, 3.8) is 0 Å². The zero-order valence-corrected chi connectivity index (χ0v) is 14.9. The quantitative estimate of drug-likeness (QED) is 0.840. The first-order valence-electron chi connectivity index (χ1n) is 8.91. The van der Waals surface area contributed by atoms with Gasteiger partial charge < -0.3 is 9.64 Å². The molecule has 1 amide bonds.